The molecule has 3 aliphatic rings. The van der Waals surface area contributed by atoms with Crippen LogP contribution in [0, 0.1) is 12.8 Å². The number of amides is 1. The van der Waals surface area contributed by atoms with Gasteiger partial charge in [-0.1, -0.05) is 35.9 Å². The first-order valence-corrected chi connectivity index (χ1v) is 10.2. The molecule has 1 aliphatic carbocycles. The highest BCUT2D eigenvalue weighted by Gasteiger charge is 2.42. The van der Waals surface area contributed by atoms with E-state index in [4.69, 9.17) is 0 Å². The first-order valence-electron chi connectivity index (χ1n) is 10.2. The molecule has 2 aliphatic heterocycles. The summed E-state index contributed by atoms with van der Waals surface area (Å²) in [6.45, 7) is 4.98. The van der Waals surface area contributed by atoms with Gasteiger partial charge in [0.25, 0.3) is 0 Å². The number of anilines is 2. The summed E-state index contributed by atoms with van der Waals surface area (Å²) in [5.41, 5.74) is 5.18. The van der Waals surface area contributed by atoms with Gasteiger partial charge in [0.15, 0.2) is 0 Å². The van der Waals surface area contributed by atoms with Gasteiger partial charge in [-0.05, 0) is 49.9 Å². The number of hydrogen-bond donors (Lipinski definition) is 1. The van der Waals surface area contributed by atoms with E-state index in [1.807, 2.05) is 0 Å². The average Bonchev–Trinajstić information content (AvgIpc) is 3.51. The second-order valence-corrected chi connectivity index (χ2v) is 8.26. The maximum Gasteiger partial charge on any atom is 0.225 e. The number of fused-ring (bicyclic) bond motifs is 3. The molecule has 2 aromatic carbocycles. The summed E-state index contributed by atoms with van der Waals surface area (Å²) in [4.78, 5) is 18.0. The van der Waals surface area contributed by atoms with Crippen LogP contribution in [0.25, 0.3) is 0 Å². The van der Waals surface area contributed by atoms with Gasteiger partial charge in [-0.25, -0.2) is 0 Å². The average molecular weight is 361 g/mol. The number of benzene rings is 2. The van der Waals surface area contributed by atoms with Crippen LogP contribution >= 0.6 is 0 Å². The smallest absolute Gasteiger partial charge is 0.225 e. The maximum absolute atomic E-state index is 13.0. The standard InChI is InChI=1S/C23H27N3O/c1-16-6-10-19(11-7-16)25-12-13-26-21-5-3-2-4-17(21)14-20(22(26)15-25)23(27)24-18-8-9-18/h2-7,10-11,18,20,22H,8-9,12-15H2,1H3,(H,24,27). The predicted octanol–water partition coefficient (Wildman–Crippen LogP) is 3.14. The lowest BCUT2D eigenvalue weighted by atomic mass is 9.83. The third-order valence-electron chi connectivity index (χ3n) is 6.28. The Bertz CT molecular complexity index is 843. The molecule has 0 spiro atoms. The summed E-state index contributed by atoms with van der Waals surface area (Å²) in [6.07, 6.45) is 3.12. The number of carbonyl (C=O) groups excluding carboxylic acids is 1. The predicted molar refractivity (Wildman–Crippen MR) is 109 cm³/mol. The highest BCUT2D eigenvalue weighted by atomic mass is 16.2. The number of hydrogen-bond acceptors (Lipinski definition) is 3. The lowest BCUT2D eigenvalue weighted by molar-refractivity contribution is -0.126. The van der Waals surface area contributed by atoms with Gasteiger partial charge in [0.1, 0.15) is 0 Å². The molecule has 0 radical (unpaired) electrons. The maximum atomic E-state index is 13.0. The first kappa shape index (κ1) is 16.7. The number of para-hydroxylation sites is 1. The molecule has 0 bridgehead atoms. The Morgan fingerprint density at radius 2 is 1.81 bits per heavy atom. The molecule has 140 valence electrons. The monoisotopic (exact) mass is 361 g/mol. The Morgan fingerprint density at radius 3 is 2.59 bits per heavy atom. The Morgan fingerprint density at radius 1 is 1.04 bits per heavy atom. The Labute approximate surface area is 161 Å². The van der Waals surface area contributed by atoms with Crippen LogP contribution in [0.15, 0.2) is 48.5 Å². The van der Waals surface area contributed by atoms with Gasteiger partial charge in [-0.3, -0.25) is 4.79 Å². The number of carbonyl (C=O) groups is 1. The Hall–Kier alpha value is -2.49. The molecular weight excluding hydrogens is 334 g/mol. The van der Waals surface area contributed by atoms with Crippen molar-refractivity contribution < 1.29 is 4.79 Å². The molecule has 2 atom stereocenters. The Balaban J connectivity index is 1.44. The van der Waals surface area contributed by atoms with Crippen molar-refractivity contribution >= 4 is 17.3 Å². The summed E-state index contributed by atoms with van der Waals surface area (Å²) < 4.78 is 0. The molecule has 2 heterocycles. The second-order valence-electron chi connectivity index (χ2n) is 8.26. The van der Waals surface area contributed by atoms with E-state index in [9.17, 15) is 4.79 Å². The first-order chi connectivity index (χ1) is 13.2. The van der Waals surface area contributed by atoms with E-state index in [0.717, 1.165) is 38.9 Å². The van der Waals surface area contributed by atoms with Crippen molar-refractivity contribution in [3.8, 4) is 0 Å². The lowest BCUT2D eigenvalue weighted by Gasteiger charge is -2.49. The van der Waals surface area contributed by atoms with Crippen LogP contribution in [0.3, 0.4) is 0 Å². The molecule has 27 heavy (non-hydrogen) atoms. The van der Waals surface area contributed by atoms with Crippen LogP contribution in [0.1, 0.15) is 24.0 Å². The van der Waals surface area contributed by atoms with Gasteiger partial charge in [0.2, 0.25) is 5.91 Å². The number of aryl methyl sites for hydroxylation is 1. The van der Waals surface area contributed by atoms with Gasteiger partial charge < -0.3 is 15.1 Å². The van der Waals surface area contributed by atoms with Gasteiger partial charge >= 0.3 is 0 Å². The fourth-order valence-corrected chi connectivity index (χ4v) is 4.58. The molecule has 2 aromatic rings. The minimum absolute atomic E-state index is 0.0220. The van der Waals surface area contributed by atoms with Crippen molar-refractivity contribution in [3.05, 3.63) is 59.7 Å². The third kappa shape index (κ3) is 3.18. The molecule has 5 rings (SSSR count). The molecule has 1 saturated heterocycles. The lowest BCUT2D eigenvalue weighted by Crippen LogP contribution is -2.61. The number of nitrogens with zero attached hydrogens (tertiary/aromatic N) is 2. The highest BCUT2D eigenvalue weighted by Crippen LogP contribution is 2.37. The van der Waals surface area contributed by atoms with E-state index >= 15 is 0 Å². The molecule has 4 nitrogen and oxygen atoms in total. The van der Waals surface area contributed by atoms with E-state index in [0.29, 0.717) is 6.04 Å². The normalized spacial score (nSPS) is 24.2. The van der Waals surface area contributed by atoms with Crippen LogP contribution in [0.5, 0.6) is 0 Å². The zero-order chi connectivity index (χ0) is 18.4. The molecular formula is C23H27N3O. The van der Waals surface area contributed by atoms with E-state index < -0.39 is 0 Å². The van der Waals surface area contributed by atoms with E-state index in [2.05, 4.69) is 70.6 Å². The summed E-state index contributed by atoms with van der Waals surface area (Å²) >= 11 is 0. The molecule has 4 heteroatoms. The number of nitrogens with one attached hydrogen (secondary N) is 1. The van der Waals surface area contributed by atoms with Gasteiger partial charge in [-0.15, -0.1) is 0 Å². The van der Waals surface area contributed by atoms with Crippen LogP contribution < -0.4 is 15.1 Å². The largest absolute Gasteiger partial charge is 0.368 e. The fourth-order valence-electron chi connectivity index (χ4n) is 4.58. The van der Waals surface area contributed by atoms with E-state index in [-0.39, 0.29) is 17.9 Å². The zero-order valence-electron chi connectivity index (χ0n) is 15.9. The molecule has 1 amide bonds. The minimum Gasteiger partial charge on any atom is -0.368 e. The van der Waals surface area contributed by atoms with Crippen LogP contribution in [-0.4, -0.2) is 37.6 Å². The summed E-state index contributed by atoms with van der Waals surface area (Å²) in [7, 11) is 0. The topological polar surface area (TPSA) is 35.6 Å². The van der Waals surface area contributed by atoms with Crippen LogP contribution in [-0.2, 0) is 11.2 Å². The number of rotatable bonds is 3. The SMILES string of the molecule is Cc1ccc(N2CCN3c4ccccc4CC(C(=O)NC4CC4)C3C2)cc1. The van der Waals surface area contributed by atoms with Crippen molar-refractivity contribution in [2.45, 2.75) is 38.3 Å². The summed E-state index contributed by atoms with van der Waals surface area (Å²) in [5.74, 6) is 0.265. The van der Waals surface area contributed by atoms with Crippen molar-refractivity contribution in [1.82, 2.24) is 5.32 Å². The summed E-state index contributed by atoms with van der Waals surface area (Å²) in [6, 6.07) is 18.0. The van der Waals surface area contributed by atoms with Crippen molar-refractivity contribution in [1.29, 1.82) is 0 Å². The quantitative estimate of drug-likeness (QED) is 0.912. The zero-order valence-corrected chi connectivity index (χ0v) is 15.9. The highest BCUT2D eigenvalue weighted by molar-refractivity contribution is 5.83. The van der Waals surface area contributed by atoms with Gasteiger partial charge in [-0.2, -0.15) is 0 Å². The van der Waals surface area contributed by atoms with Crippen molar-refractivity contribution in [2.24, 2.45) is 5.92 Å². The van der Waals surface area contributed by atoms with Gasteiger partial charge in [0.05, 0.1) is 12.0 Å². The fraction of sp³-hybridized carbons (Fsp3) is 0.435. The third-order valence-corrected chi connectivity index (χ3v) is 6.28. The van der Waals surface area contributed by atoms with E-state index in [1.165, 1.54) is 22.5 Å². The van der Waals surface area contributed by atoms with Crippen LogP contribution in [0.2, 0.25) is 0 Å². The van der Waals surface area contributed by atoms with Crippen molar-refractivity contribution in [3.63, 3.8) is 0 Å². The van der Waals surface area contributed by atoms with Gasteiger partial charge in [0, 0.05) is 37.1 Å². The molecule has 2 unspecified atom stereocenters. The minimum atomic E-state index is 0.0220. The molecule has 0 aromatic heterocycles. The van der Waals surface area contributed by atoms with E-state index in [1.54, 1.807) is 0 Å². The van der Waals surface area contributed by atoms with Crippen LogP contribution in [0.4, 0.5) is 11.4 Å². The second kappa shape index (κ2) is 6.59. The van der Waals surface area contributed by atoms with Crippen molar-refractivity contribution in [2.75, 3.05) is 29.4 Å². The number of piperazine rings is 1. The Kier molecular flexibility index (Phi) is 4.07. The molecule has 1 saturated carbocycles. The molecule has 2 fully saturated rings. The molecule has 1 N–H and O–H groups in total. The summed E-state index contributed by atoms with van der Waals surface area (Å²) in [5, 5.41) is 3.27.